The van der Waals surface area contributed by atoms with Gasteiger partial charge in [-0.25, -0.2) is 4.79 Å². The average molecular weight is 491 g/mol. The normalized spacial score (nSPS) is 18.3. The van der Waals surface area contributed by atoms with Crippen molar-refractivity contribution in [1.82, 2.24) is 9.80 Å². The summed E-state index contributed by atoms with van der Waals surface area (Å²) in [5, 5.41) is 0. The fourth-order valence-corrected chi connectivity index (χ4v) is 4.88. The first kappa shape index (κ1) is 25.5. The maximum Gasteiger partial charge on any atom is 0.336 e. The van der Waals surface area contributed by atoms with Gasteiger partial charge in [0.25, 0.3) is 0 Å². The van der Waals surface area contributed by atoms with Crippen molar-refractivity contribution in [2.45, 2.75) is 52.1 Å². The van der Waals surface area contributed by atoms with Crippen molar-refractivity contribution in [3.05, 3.63) is 77.0 Å². The van der Waals surface area contributed by atoms with Crippen LogP contribution in [0.4, 0.5) is 0 Å². The maximum atomic E-state index is 13.2. The number of esters is 1. The summed E-state index contributed by atoms with van der Waals surface area (Å²) in [6.45, 7) is 5.56. The van der Waals surface area contributed by atoms with Crippen LogP contribution in [-0.4, -0.2) is 53.8 Å². The summed E-state index contributed by atoms with van der Waals surface area (Å²) in [4.78, 5) is 42.4. The van der Waals surface area contributed by atoms with Gasteiger partial charge in [-0.05, 0) is 56.4 Å². The second kappa shape index (κ2) is 11.9. The van der Waals surface area contributed by atoms with Crippen LogP contribution in [0.1, 0.15) is 56.6 Å². The summed E-state index contributed by atoms with van der Waals surface area (Å²) in [7, 11) is 0. The van der Waals surface area contributed by atoms with Crippen LogP contribution in [0.2, 0.25) is 0 Å². The van der Waals surface area contributed by atoms with Gasteiger partial charge in [0.15, 0.2) is 0 Å². The molecule has 190 valence electrons. The number of carbonyl (C=O) groups excluding carboxylic acids is 3. The van der Waals surface area contributed by atoms with Crippen LogP contribution in [0, 0.1) is 0 Å². The number of hydrogen-bond acceptors (Lipinski definition) is 5. The summed E-state index contributed by atoms with van der Waals surface area (Å²) in [5.41, 5.74) is 2.83. The number of ether oxygens (including phenoxy) is 2. The van der Waals surface area contributed by atoms with Crippen LogP contribution >= 0.6 is 0 Å². The Bertz CT molecular complexity index is 1100. The lowest BCUT2D eigenvalue weighted by molar-refractivity contribution is -0.142. The molecule has 2 heterocycles. The predicted octanol–water partition coefficient (Wildman–Crippen LogP) is 4.43. The lowest BCUT2D eigenvalue weighted by Crippen LogP contribution is -2.46. The largest absolute Gasteiger partial charge is 0.489 e. The summed E-state index contributed by atoms with van der Waals surface area (Å²) in [6.07, 6.45) is 3.19. The molecule has 1 unspecified atom stereocenters. The molecule has 1 fully saturated rings. The van der Waals surface area contributed by atoms with Crippen LogP contribution in [0.15, 0.2) is 65.9 Å². The van der Waals surface area contributed by atoms with Crippen molar-refractivity contribution >= 4 is 17.8 Å². The van der Waals surface area contributed by atoms with Gasteiger partial charge in [-0.3, -0.25) is 9.59 Å². The molecule has 1 atom stereocenters. The Morgan fingerprint density at radius 2 is 1.67 bits per heavy atom. The third-order valence-electron chi connectivity index (χ3n) is 6.85. The molecule has 0 spiro atoms. The monoisotopic (exact) mass is 490 g/mol. The predicted molar refractivity (Wildman–Crippen MR) is 136 cm³/mol. The first-order chi connectivity index (χ1) is 17.5. The number of benzene rings is 2. The molecule has 0 aromatic heterocycles. The molecule has 2 amide bonds. The van der Waals surface area contributed by atoms with E-state index in [2.05, 4.69) is 0 Å². The molecule has 0 radical (unpaired) electrons. The lowest BCUT2D eigenvalue weighted by atomic mass is 9.83. The van der Waals surface area contributed by atoms with E-state index in [0.717, 1.165) is 43.5 Å². The molecule has 2 aliphatic rings. The second-order valence-corrected chi connectivity index (χ2v) is 9.24. The zero-order valence-corrected chi connectivity index (χ0v) is 21.1. The van der Waals surface area contributed by atoms with Gasteiger partial charge in [0, 0.05) is 31.1 Å². The van der Waals surface area contributed by atoms with Crippen LogP contribution in [0.25, 0.3) is 0 Å². The van der Waals surface area contributed by atoms with Gasteiger partial charge in [-0.1, -0.05) is 42.5 Å². The van der Waals surface area contributed by atoms with E-state index >= 15 is 0 Å². The van der Waals surface area contributed by atoms with Gasteiger partial charge in [0.2, 0.25) is 11.8 Å². The minimum Gasteiger partial charge on any atom is -0.489 e. The first-order valence-electron chi connectivity index (χ1n) is 12.7. The van der Waals surface area contributed by atoms with Crippen LogP contribution in [0.5, 0.6) is 5.75 Å². The molecule has 36 heavy (non-hydrogen) atoms. The molecule has 7 nitrogen and oxygen atoms in total. The smallest absolute Gasteiger partial charge is 0.336 e. The number of allylic oxidation sites excluding steroid dienone is 1. The van der Waals surface area contributed by atoms with E-state index in [4.69, 9.17) is 9.47 Å². The van der Waals surface area contributed by atoms with E-state index in [1.807, 2.05) is 59.5 Å². The SMILES string of the molecule is CCOC(=O)C1=C(C)N(CC(=O)N2CCCCC2)C(=O)CC1c1ccc(OCc2ccccc2)cc1. The highest BCUT2D eigenvalue weighted by Crippen LogP contribution is 2.37. The van der Waals surface area contributed by atoms with Gasteiger partial charge in [-0.2, -0.15) is 0 Å². The maximum absolute atomic E-state index is 13.2. The van der Waals surface area contributed by atoms with E-state index in [0.29, 0.717) is 23.6 Å². The fourth-order valence-electron chi connectivity index (χ4n) is 4.88. The zero-order chi connectivity index (χ0) is 25.5. The molecule has 4 rings (SSSR count). The van der Waals surface area contributed by atoms with E-state index in [1.165, 1.54) is 4.90 Å². The van der Waals surface area contributed by atoms with E-state index in [-0.39, 0.29) is 31.4 Å². The molecule has 2 aromatic carbocycles. The first-order valence-corrected chi connectivity index (χ1v) is 12.7. The number of nitrogens with zero attached hydrogens (tertiary/aromatic N) is 2. The van der Waals surface area contributed by atoms with Crippen LogP contribution in [-0.2, 0) is 25.7 Å². The summed E-state index contributed by atoms with van der Waals surface area (Å²) >= 11 is 0. The second-order valence-electron chi connectivity index (χ2n) is 9.24. The van der Waals surface area contributed by atoms with Crippen molar-refractivity contribution in [3.63, 3.8) is 0 Å². The number of hydrogen-bond donors (Lipinski definition) is 0. The third kappa shape index (κ3) is 5.96. The highest BCUT2D eigenvalue weighted by atomic mass is 16.5. The van der Waals surface area contributed by atoms with E-state index < -0.39 is 11.9 Å². The van der Waals surface area contributed by atoms with Gasteiger partial charge in [0.05, 0.1) is 12.2 Å². The average Bonchev–Trinajstić information content (AvgIpc) is 2.91. The highest BCUT2D eigenvalue weighted by Gasteiger charge is 2.38. The molecular formula is C29H34N2O5. The molecular weight excluding hydrogens is 456 g/mol. The standard InChI is InChI=1S/C29H34N2O5/c1-3-35-29(34)28-21(2)31(19-27(33)30-16-8-5-9-17-30)26(32)18-25(28)23-12-14-24(15-13-23)36-20-22-10-6-4-7-11-22/h4,6-7,10-15,25H,3,5,8-9,16-20H2,1-2H3. The zero-order valence-electron chi connectivity index (χ0n) is 21.1. The quantitative estimate of drug-likeness (QED) is 0.512. The van der Waals surface area contributed by atoms with Crippen molar-refractivity contribution in [2.75, 3.05) is 26.2 Å². The Kier molecular flexibility index (Phi) is 8.41. The number of likely N-dealkylation sites (tertiary alicyclic amines) is 1. The minimum absolute atomic E-state index is 0.0491. The molecule has 0 aliphatic carbocycles. The van der Waals surface area contributed by atoms with Gasteiger partial charge in [-0.15, -0.1) is 0 Å². The molecule has 0 N–H and O–H groups in total. The third-order valence-corrected chi connectivity index (χ3v) is 6.85. The molecule has 2 aliphatic heterocycles. The Morgan fingerprint density at radius 3 is 2.33 bits per heavy atom. The van der Waals surface area contributed by atoms with Gasteiger partial charge < -0.3 is 19.3 Å². The lowest BCUT2D eigenvalue weighted by Gasteiger charge is -2.36. The molecule has 0 bridgehead atoms. The molecule has 2 aromatic rings. The Balaban J connectivity index is 1.54. The number of amides is 2. The minimum atomic E-state index is -0.452. The Hall–Kier alpha value is -3.61. The summed E-state index contributed by atoms with van der Waals surface area (Å²) in [5.74, 6) is -0.436. The summed E-state index contributed by atoms with van der Waals surface area (Å²) in [6, 6.07) is 17.4. The molecule has 0 saturated carbocycles. The number of rotatable bonds is 8. The topological polar surface area (TPSA) is 76.2 Å². The molecule has 7 heteroatoms. The fraction of sp³-hybridized carbons (Fsp3) is 0.414. The Morgan fingerprint density at radius 1 is 0.972 bits per heavy atom. The van der Waals surface area contributed by atoms with Gasteiger partial charge >= 0.3 is 5.97 Å². The Labute approximate surface area is 212 Å². The highest BCUT2D eigenvalue weighted by molar-refractivity contribution is 5.97. The van der Waals surface area contributed by atoms with Crippen LogP contribution in [0.3, 0.4) is 0 Å². The van der Waals surface area contributed by atoms with Gasteiger partial charge in [0.1, 0.15) is 18.9 Å². The van der Waals surface area contributed by atoms with E-state index in [1.54, 1.807) is 13.8 Å². The number of carbonyl (C=O) groups is 3. The number of piperidine rings is 1. The van der Waals surface area contributed by atoms with Crippen molar-refractivity contribution in [1.29, 1.82) is 0 Å². The van der Waals surface area contributed by atoms with Crippen molar-refractivity contribution < 1.29 is 23.9 Å². The van der Waals surface area contributed by atoms with Crippen molar-refractivity contribution in [3.8, 4) is 5.75 Å². The van der Waals surface area contributed by atoms with E-state index in [9.17, 15) is 14.4 Å². The van der Waals surface area contributed by atoms with Crippen LogP contribution < -0.4 is 4.74 Å². The molecule has 1 saturated heterocycles. The summed E-state index contributed by atoms with van der Waals surface area (Å²) < 4.78 is 11.3. The van der Waals surface area contributed by atoms with Crippen molar-refractivity contribution in [2.24, 2.45) is 0 Å².